The van der Waals surface area contributed by atoms with Gasteiger partial charge in [-0.15, -0.1) is 0 Å². The van der Waals surface area contributed by atoms with Crippen molar-refractivity contribution in [3.05, 3.63) is 59.0 Å². The van der Waals surface area contributed by atoms with E-state index in [0.29, 0.717) is 17.1 Å². The zero-order valence-corrected chi connectivity index (χ0v) is 17.6. The van der Waals surface area contributed by atoms with Gasteiger partial charge in [0.25, 0.3) is 0 Å². The summed E-state index contributed by atoms with van der Waals surface area (Å²) in [4.78, 5) is 17.0. The molecular formula is C23H24ClFN4O. The van der Waals surface area contributed by atoms with Crippen molar-refractivity contribution < 1.29 is 9.18 Å². The number of halogens is 2. The van der Waals surface area contributed by atoms with Crippen molar-refractivity contribution in [1.29, 1.82) is 0 Å². The van der Waals surface area contributed by atoms with Crippen LogP contribution in [0, 0.1) is 5.82 Å². The Morgan fingerprint density at radius 2 is 2.13 bits per heavy atom. The molecule has 2 aromatic carbocycles. The Balaban J connectivity index is 1.38. The molecule has 3 heterocycles. The SMILES string of the molecule is C[C@@H]1C[C@]2(CCC(=O)N2c2cccc(F)c2)CCN1Cc1[nH]nc2ccc(Cl)cc12. The van der Waals surface area contributed by atoms with Crippen LogP contribution in [-0.2, 0) is 11.3 Å². The molecule has 156 valence electrons. The zero-order chi connectivity index (χ0) is 20.9. The summed E-state index contributed by atoms with van der Waals surface area (Å²) in [6, 6.07) is 12.4. The van der Waals surface area contributed by atoms with E-state index in [4.69, 9.17) is 11.6 Å². The fourth-order valence-electron chi connectivity index (χ4n) is 5.24. The summed E-state index contributed by atoms with van der Waals surface area (Å²) >= 11 is 6.18. The minimum Gasteiger partial charge on any atom is -0.306 e. The number of anilines is 1. The average molecular weight is 427 g/mol. The number of aromatic amines is 1. The van der Waals surface area contributed by atoms with Gasteiger partial charge in [-0.05, 0) is 62.6 Å². The predicted molar refractivity (Wildman–Crippen MR) is 116 cm³/mol. The predicted octanol–water partition coefficient (Wildman–Crippen LogP) is 4.91. The van der Waals surface area contributed by atoms with Crippen LogP contribution >= 0.6 is 11.6 Å². The molecule has 7 heteroatoms. The molecular weight excluding hydrogens is 403 g/mol. The molecule has 5 nitrogen and oxygen atoms in total. The molecule has 2 aliphatic rings. The summed E-state index contributed by atoms with van der Waals surface area (Å²) in [5.74, 6) is -0.215. The summed E-state index contributed by atoms with van der Waals surface area (Å²) < 4.78 is 13.8. The van der Waals surface area contributed by atoms with Gasteiger partial charge < -0.3 is 4.90 Å². The third-order valence-electron chi connectivity index (χ3n) is 6.71. The van der Waals surface area contributed by atoms with Crippen LogP contribution in [0.25, 0.3) is 10.9 Å². The van der Waals surface area contributed by atoms with Crippen molar-refractivity contribution in [3.63, 3.8) is 0 Å². The second-order valence-electron chi connectivity index (χ2n) is 8.57. The van der Waals surface area contributed by atoms with Crippen LogP contribution in [0.2, 0.25) is 5.02 Å². The minimum atomic E-state index is -0.308. The lowest BCUT2D eigenvalue weighted by molar-refractivity contribution is -0.117. The number of amides is 1. The van der Waals surface area contributed by atoms with E-state index in [0.717, 1.165) is 48.9 Å². The Morgan fingerprint density at radius 3 is 2.93 bits per heavy atom. The fourth-order valence-corrected chi connectivity index (χ4v) is 5.41. The molecule has 2 aliphatic heterocycles. The van der Waals surface area contributed by atoms with Crippen molar-refractivity contribution in [3.8, 4) is 0 Å². The molecule has 0 saturated carbocycles. The number of fused-ring (bicyclic) bond motifs is 1. The van der Waals surface area contributed by atoms with Crippen molar-refractivity contribution in [2.75, 3.05) is 11.4 Å². The first-order valence-electron chi connectivity index (χ1n) is 10.4. The smallest absolute Gasteiger partial charge is 0.227 e. The highest BCUT2D eigenvalue weighted by molar-refractivity contribution is 6.31. The molecule has 30 heavy (non-hydrogen) atoms. The van der Waals surface area contributed by atoms with Gasteiger partial charge >= 0.3 is 0 Å². The summed E-state index contributed by atoms with van der Waals surface area (Å²) in [6.45, 7) is 3.82. The van der Waals surface area contributed by atoms with Gasteiger partial charge in [-0.2, -0.15) is 5.10 Å². The number of piperidine rings is 1. The molecule has 0 radical (unpaired) electrons. The Labute approximate surface area is 179 Å². The van der Waals surface area contributed by atoms with Gasteiger partial charge in [0.2, 0.25) is 5.91 Å². The molecule has 3 aromatic rings. The summed E-state index contributed by atoms with van der Waals surface area (Å²) in [5, 5.41) is 9.30. The summed E-state index contributed by atoms with van der Waals surface area (Å²) in [6.07, 6.45) is 3.07. The van der Waals surface area contributed by atoms with Gasteiger partial charge in [-0.3, -0.25) is 14.8 Å². The second-order valence-corrected chi connectivity index (χ2v) is 9.01. The molecule has 2 fully saturated rings. The van der Waals surface area contributed by atoms with Gasteiger partial charge in [0, 0.05) is 41.6 Å². The average Bonchev–Trinajstić information content (AvgIpc) is 3.25. The molecule has 2 atom stereocenters. The molecule has 1 amide bonds. The number of aromatic nitrogens is 2. The standard InChI is InChI=1S/C23H24ClFN4O/c1-15-13-23(8-7-22(30)29(23)18-4-2-3-17(25)12-18)9-10-28(15)14-21-19-11-16(24)5-6-20(19)26-27-21/h2-6,11-12,15H,7-10,13-14H2,1H3,(H,26,27)/t15-,23+/m1/s1. The Kier molecular flexibility index (Phi) is 4.79. The van der Waals surface area contributed by atoms with E-state index in [1.54, 1.807) is 6.07 Å². The molecule has 0 bridgehead atoms. The monoisotopic (exact) mass is 426 g/mol. The third-order valence-corrected chi connectivity index (χ3v) is 6.95. The molecule has 1 spiro atoms. The quantitative estimate of drug-likeness (QED) is 0.647. The Hall–Kier alpha value is -2.44. The molecule has 2 saturated heterocycles. The van der Waals surface area contributed by atoms with Crippen LogP contribution in [-0.4, -0.2) is 39.1 Å². The first-order chi connectivity index (χ1) is 14.4. The molecule has 5 rings (SSSR count). The lowest BCUT2D eigenvalue weighted by Gasteiger charge is -2.48. The number of benzene rings is 2. The number of rotatable bonds is 3. The summed E-state index contributed by atoms with van der Waals surface area (Å²) in [7, 11) is 0. The van der Waals surface area contributed by atoms with E-state index >= 15 is 0 Å². The largest absolute Gasteiger partial charge is 0.306 e. The number of hydrogen-bond donors (Lipinski definition) is 1. The topological polar surface area (TPSA) is 52.2 Å². The van der Waals surface area contributed by atoms with E-state index in [1.165, 1.54) is 12.1 Å². The van der Waals surface area contributed by atoms with Crippen LogP contribution < -0.4 is 4.90 Å². The highest BCUT2D eigenvalue weighted by atomic mass is 35.5. The van der Waals surface area contributed by atoms with Crippen LogP contribution in [0.5, 0.6) is 0 Å². The highest BCUT2D eigenvalue weighted by Crippen LogP contribution is 2.44. The summed E-state index contributed by atoms with van der Waals surface area (Å²) in [5.41, 5.74) is 2.40. The van der Waals surface area contributed by atoms with Gasteiger partial charge in [0.15, 0.2) is 0 Å². The third kappa shape index (κ3) is 3.28. The van der Waals surface area contributed by atoms with E-state index < -0.39 is 0 Å². The number of likely N-dealkylation sites (tertiary alicyclic amines) is 1. The second kappa shape index (κ2) is 7.36. The maximum atomic E-state index is 13.8. The van der Waals surface area contributed by atoms with Crippen LogP contribution in [0.15, 0.2) is 42.5 Å². The maximum Gasteiger partial charge on any atom is 0.227 e. The van der Waals surface area contributed by atoms with Crippen molar-refractivity contribution in [1.82, 2.24) is 15.1 Å². The first kappa shape index (κ1) is 19.5. The molecule has 0 unspecified atom stereocenters. The number of nitrogens with zero attached hydrogens (tertiary/aromatic N) is 3. The lowest BCUT2D eigenvalue weighted by atomic mass is 9.81. The molecule has 1 N–H and O–H groups in total. The fraction of sp³-hybridized carbons (Fsp3) is 0.391. The maximum absolute atomic E-state index is 13.8. The van der Waals surface area contributed by atoms with Gasteiger partial charge in [-0.1, -0.05) is 17.7 Å². The first-order valence-corrected chi connectivity index (χ1v) is 10.8. The van der Waals surface area contributed by atoms with Gasteiger partial charge in [0.05, 0.1) is 16.7 Å². The molecule has 0 aliphatic carbocycles. The molecule has 1 aromatic heterocycles. The Bertz CT molecular complexity index is 1120. The van der Waals surface area contributed by atoms with Crippen LogP contribution in [0.4, 0.5) is 10.1 Å². The Morgan fingerprint density at radius 1 is 1.27 bits per heavy atom. The van der Waals surface area contributed by atoms with E-state index in [9.17, 15) is 9.18 Å². The van der Waals surface area contributed by atoms with Crippen molar-refractivity contribution >= 4 is 34.1 Å². The van der Waals surface area contributed by atoms with Crippen molar-refractivity contribution in [2.24, 2.45) is 0 Å². The normalized spacial score (nSPS) is 25.0. The van der Waals surface area contributed by atoms with Crippen molar-refractivity contribution in [2.45, 2.75) is 50.7 Å². The number of carbonyl (C=O) groups is 1. The highest BCUT2D eigenvalue weighted by Gasteiger charge is 2.49. The van der Waals surface area contributed by atoms with E-state index in [-0.39, 0.29) is 23.3 Å². The number of hydrogen-bond acceptors (Lipinski definition) is 3. The lowest BCUT2D eigenvalue weighted by Crippen LogP contribution is -2.56. The van der Waals surface area contributed by atoms with E-state index in [1.807, 2.05) is 29.2 Å². The van der Waals surface area contributed by atoms with Gasteiger partial charge in [0.1, 0.15) is 5.82 Å². The number of H-pyrrole nitrogens is 1. The number of nitrogens with one attached hydrogen (secondary N) is 1. The minimum absolute atomic E-state index is 0.0930. The number of carbonyl (C=O) groups excluding carboxylic acids is 1. The zero-order valence-electron chi connectivity index (χ0n) is 16.9. The van der Waals surface area contributed by atoms with Gasteiger partial charge in [-0.25, -0.2) is 4.39 Å². The van der Waals surface area contributed by atoms with Crippen LogP contribution in [0.3, 0.4) is 0 Å². The van der Waals surface area contributed by atoms with Crippen LogP contribution in [0.1, 0.15) is 38.3 Å². The van der Waals surface area contributed by atoms with E-state index in [2.05, 4.69) is 22.0 Å².